The molecule has 1 aliphatic heterocycles. The van der Waals surface area contributed by atoms with Crippen LogP contribution < -0.4 is 10.6 Å². The van der Waals surface area contributed by atoms with Crippen molar-refractivity contribution in [3.63, 3.8) is 0 Å². The third kappa shape index (κ3) is 3.21. The Bertz CT molecular complexity index is 355. The van der Waals surface area contributed by atoms with Gasteiger partial charge in [-0.1, -0.05) is 12.8 Å². The zero-order chi connectivity index (χ0) is 14.0. The molecule has 1 heterocycles. The fourth-order valence-electron chi connectivity index (χ4n) is 4.10. The Kier molecular flexibility index (Phi) is 5.88. The van der Waals surface area contributed by atoms with Crippen molar-refractivity contribution in [1.82, 2.24) is 10.6 Å². The molecule has 0 bridgehead atoms. The lowest BCUT2D eigenvalue weighted by atomic mass is 9.60. The fraction of sp³-hybridized carbons (Fsp3) is 0.933. The zero-order valence-electron chi connectivity index (χ0n) is 12.7. The molecule has 1 spiro atoms. The van der Waals surface area contributed by atoms with Crippen LogP contribution in [-0.4, -0.2) is 50.5 Å². The van der Waals surface area contributed by atoms with Gasteiger partial charge in [0.05, 0.1) is 19.3 Å². The highest BCUT2D eigenvalue weighted by Crippen LogP contribution is 2.54. The molecule has 2 aliphatic carbocycles. The minimum atomic E-state index is -0.187. The number of morpholine rings is 1. The number of halogens is 1. The van der Waals surface area contributed by atoms with Gasteiger partial charge >= 0.3 is 0 Å². The molecule has 0 aromatic rings. The maximum atomic E-state index is 12.3. The van der Waals surface area contributed by atoms with Crippen molar-refractivity contribution in [2.75, 3.05) is 26.4 Å². The number of carbonyl (C=O) groups is 1. The molecule has 1 amide bonds. The lowest BCUT2D eigenvalue weighted by molar-refractivity contribution is -0.146. The normalized spacial score (nSPS) is 34.0. The average Bonchev–Trinajstić information content (AvgIpc) is 2.99. The van der Waals surface area contributed by atoms with Crippen LogP contribution in [0.25, 0.3) is 0 Å². The van der Waals surface area contributed by atoms with Gasteiger partial charge in [0.15, 0.2) is 0 Å². The van der Waals surface area contributed by atoms with Crippen molar-refractivity contribution in [2.45, 2.75) is 57.2 Å². The van der Waals surface area contributed by atoms with Gasteiger partial charge in [0.1, 0.15) is 6.04 Å². The summed E-state index contributed by atoms with van der Waals surface area (Å²) in [5.74, 6) is 0.0934. The van der Waals surface area contributed by atoms with E-state index in [1.807, 2.05) is 0 Å². The van der Waals surface area contributed by atoms with E-state index in [1.54, 1.807) is 0 Å². The lowest BCUT2D eigenvalue weighted by Gasteiger charge is -2.54. The Morgan fingerprint density at radius 3 is 2.81 bits per heavy atom. The van der Waals surface area contributed by atoms with Crippen LogP contribution in [0.2, 0.25) is 0 Å². The Labute approximate surface area is 132 Å². The Morgan fingerprint density at radius 1 is 1.43 bits per heavy atom. The molecule has 0 radical (unpaired) electrons. The van der Waals surface area contributed by atoms with Crippen LogP contribution in [0.1, 0.15) is 39.0 Å². The van der Waals surface area contributed by atoms with Crippen LogP contribution in [0.4, 0.5) is 0 Å². The van der Waals surface area contributed by atoms with Crippen molar-refractivity contribution in [3.8, 4) is 0 Å². The zero-order valence-corrected chi connectivity index (χ0v) is 13.5. The van der Waals surface area contributed by atoms with Crippen molar-refractivity contribution in [1.29, 1.82) is 0 Å². The molecule has 3 fully saturated rings. The second kappa shape index (κ2) is 7.27. The summed E-state index contributed by atoms with van der Waals surface area (Å²) in [4.78, 5) is 12.3. The molecule has 3 unspecified atom stereocenters. The molecule has 21 heavy (non-hydrogen) atoms. The fourth-order valence-corrected chi connectivity index (χ4v) is 4.10. The molecule has 6 heteroatoms. The first kappa shape index (κ1) is 17.0. The predicted molar refractivity (Wildman–Crippen MR) is 82.7 cm³/mol. The molecule has 3 rings (SSSR count). The molecule has 0 aromatic carbocycles. The van der Waals surface area contributed by atoms with E-state index in [1.165, 1.54) is 25.7 Å². The molecular formula is C15H27ClN2O3. The third-order valence-corrected chi connectivity index (χ3v) is 5.24. The van der Waals surface area contributed by atoms with E-state index in [0.717, 1.165) is 19.6 Å². The van der Waals surface area contributed by atoms with Gasteiger partial charge < -0.3 is 20.1 Å². The molecule has 5 nitrogen and oxygen atoms in total. The molecule has 2 saturated carbocycles. The van der Waals surface area contributed by atoms with Gasteiger partial charge in [-0.2, -0.15) is 0 Å². The van der Waals surface area contributed by atoms with Crippen molar-refractivity contribution < 1.29 is 14.3 Å². The van der Waals surface area contributed by atoms with Crippen molar-refractivity contribution in [2.24, 2.45) is 5.41 Å². The summed E-state index contributed by atoms with van der Waals surface area (Å²) in [6.45, 7) is 4.77. The summed E-state index contributed by atoms with van der Waals surface area (Å²) < 4.78 is 11.2. The Balaban J connectivity index is 0.00000161. The summed E-state index contributed by atoms with van der Waals surface area (Å²) in [5, 5.41) is 6.47. The quantitative estimate of drug-likeness (QED) is 0.819. The van der Waals surface area contributed by atoms with E-state index in [-0.39, 0.29) is 35.8 Å². The SMILES string of the molecule is CCOC1CC(NC(=O)C2COCCN2)C12CCCC2.Cl. The van der Waals surface area contributed by atoms with Gasteiger partial charge in [0.2, 0.25) is 5.91 Å². The van der Waals surface area contributed by atoms with E-state index in [9.17, 15) is 4.79 Å². The first-order valence-electron chi connectivity index (χ1n) is 7.99. The van der Waals surface area contributed by atoms with Crippen molar-refractivity contribution in [3.05, 3.63) is 0 Å². The molecule has 3 atom stereocenters. The summed E-state index contributed by atoms with van der Waals surface area (Å²) in [6.07, 6.45) is 6.22. The third-order valence-electron chi connectivity index (χ3n) is 5.24. The average molecular weight is 319 g/mol. The van der Waals surface area contributed by atoms with Gasteiger partial charge in [-0.25, -0.2) is 0 Å². The smallest absolute Gasteiger partial charge is 0.239 e. The number of rotatable bonds is 4. The van der Waals surface area contributed by atoms with E-state index in [0.29, 0.717) is 19.3 Å². The van der Waals surface area contributed by atoms with Crippen LogP contribution in [0.15, 0.2) is 0 Å². The molecule has 3 aliphatic rings. The van der Waals surface area contributed by atoms with Gasteiger partial charge in [-0.05, 0) is 26.2 Å². The first-order valence-corrected chi connectivity index (χ1v) is 7.99. The minimum Gasteiger partial charge on any atom is -0.378 e. The van der Waals surface area contributed by atoms with Gasteiger partial charge in [0, 0.05) is 24.6 Å². The van der Waals surface area contributed by atoms with Gasteiger partial charge in [-0.3, -0.25) is 4.79 Å². The predicted octanol–water partition coefficient (Wildman–Crippen LogP) is 1.25. The molecule has 1 saturated heterocycles. The van der Waals surface area contributed by atoms with Crippen LogP contribution in [-0.2, 0) is 14.3 Å². The summed E-state index contributed by atoms with van der Waals surface area (Å²) in [6, 6.07) is 0.103. The summed E-state index contributed by atoms with van der Waals surface area (Å²) >= 11 is 0. The van der Waals surface area contributed by atoms with E-state index < -0.39 is 0 Å². The summed E-state index contributed by atoms with van der Waals surface area (Å²) in [7, 11) is 0. The number of amides is 1. The van der Waals surface area contributed by atoms with E-state index >= 15 is 0 Å². The molecular weight excluding hydrogens is 292 g/mol. The number of hydrogen-bond acceptors (Lipinski definition) is 4. The Hall–Kier alpha value is -0.360. The van der Waals surface area contributed by atoms with Crippen LogP contribution in [0, 0.1) is 5.41 Å². The standard InChI is InChI=1S/C15H26N2O3.ClH/c1-2-20-13-9-12(15(13)5-3-4-6-15)17-14(18)11-10-19-8-7-16-11;/h11-13,16H,2-10H2,1H3,(H,17,18);1H. The molecule has 122 valence electrons. The first-order chi connectivity index (χ1) is 9.76. The largest absolute Gasteiger partial charge is 0.378 e. The van der Waals surface area contributed by atoms with Crippen LogP contribution >= 0.6 is 12.4 Å². The topological polar surface area (TPSA) is 59.6 Å². The second-order valence-electron chi connectivity index (χ2n) is 6.26. The summed E-state index contributed by atoms with van der Waals surface area (Å²) in [5.41, 5.74) is 0.210. The number of nitrogens with one attached hydrogen (secondary N) is 2. The van der Waals surface area contributed by atoms with Gasteiger partial charge in [0.25, 0.3) is 0 Å². The maximum absolute atomic E-state index is 12.3. The molecule has 2 N–H and O–H groups in total. The second-order valence-corrected chi connectivity index (χ2v) is 6.26. The monoisotopic (exact) mass is 318 g/mol. The van der Waals surface area contributed by atoms with E-state index in [4.69, 9.17) is 9.47 Å². The molecule has 0 aromatic heterocycles. The van der Waals surface area contributed by atoms with Gasteiger partial charge in [-0.15, -0.1) is 12.4 Å². The highest BCUT2D eigenvalue weighted by molar-refractivity contribution is 5.85. The van der Waals surface area contributed by atoms with E-state index in [2.05, 4.69) is 17.6 Å². The minimum absolute atomic E-state index is 0. The number of ether oxygens (including phenoxy) is 2. The van der Waals surface area contributed by atoms with Crippen molar-refractivity contribution >= 4 is 18.3 Å². The highest BCUT2D eigenvalue weighted by Gasteiger charge is 2.57. The number of hydrogen-bond donors (Lipinski definition) is 2. The highest BCUT2D eigenvalue weighted by atomic mass is 35.5. The Morgan fingerprint density at radius 2 is 2.19 bits per heavy atom. The van der Waals surface area contributed by atoms with Crippen LogP contribution in [0.3, 0.4) is 0 Å². The number of carbonyl (C=O) groups excluding carboxylic acids is 1. The van der Waals surface area contributed by atoms with Crippen LogP contribution in [0.5, 0.6) is 0 Å². The lowest BCUT2D eigenvalue weighted by Crippen LogP contribution is -2.66. The maximum Gasteiger partial charge on any atom is 0.239 e.